The third-order valence-corrected chi connectivity index (χ3v) is 3.57. The number of hydrogen-bond donors (Lipinski definition) is 1. The van der Waals surface area contributed by atoms with Crippen LogP contribution in [0.4, 0.5) is 5.69 Å². The first-order valence-electron chi connectivity index (χ1n) is 8.57. The van der Waals surface area contributed by atoms with Crippen molar-refractivity contribution in [3.05, 3.63) is 54.1 Å². The first kappa shape index (κ1) is 18.6. The van der Waals surface area contributed by atoms with Crippen LogP contribution < -0.4 is 15.2 Å². The molecule has 0 amide bonds. The Morgan fingerprint density at radius 1 is 0.840 bits per heavy atom. The number of benzene rings is 2. The number of nitrogen functional groups attached to an aromatic ring is 1. The molecule has 2 rings (SSSR count). The fourth-order valence-corrected chi connectivity index (χ4v) is 2.23. The van der Waals surface area contributed by atoms with E-state index in [1.54, 1.807) is 31.2 Å². The minimum atomic E-state index is -0.310. The topological polar surface area (TPSA) is 70.8 Å². The maximum absolute atomic E-state index is 11.6. The lowest BCUT2D eigenvalue weighted by Crippen LogP contribution is -2.04. The van der Waals surface area contributed by atoms with Gasteiger partial charge in [0, 0.05) is 5.69 Å². The van der Waals surface area contributed by atoms with Crippen molar-refractivity contribution in [1.29, 1.82) is 0 Å². The molecular formula is C20H25NO4. The van der Waals surface area contributed by atoms with Crippen molar-refractivity contribution in [2.24, 2.45) is 0 Å². The molecule has 25 heavy (non-hydrogen) atoms. The van der Waals surface area contributed by atoms with Gasteiger partial charge < -0.3 is 19.9 Å². The monoisotopic (exact) mass is 343 g/mol. The van der Waals surface area contributed by atoms with Gasteiger partial charge >= 0.3 is 5.97 Å². The maximum atomic E-state index is 11.6. The van der Waals surface area contributed by atoms with Crippen LogP contribution in [0.2, 0.25) is 0 Å². The Bertz CT molecular complexity index is 638. The predicted molar refractivity (Wildman–Crippen MR) is 98.1 cm³/mol. The minimum absolute atomic E-state index is 0.310. The van der Waals surface area contributed by atoms with Crippen LogP contribution in [0, 0.1) is 0 Å². The fourth-order valence-electron chi connectivity index (χ4n) is 2.23. The first-order chi connectivity index (χ1) is 12.2. The third-order valence-electron chi connectivity index (χ3n) is 3.57. The van der Waals surface area contributed by atoms with Gasteiger partial charge in [-0.05, 0) is 74.7 Å². The van der Waals surface area contributed by atoms with Gasteiger partial charge in [0.15, 0.2) is 0 Å². The Labute approximate surface area is 148 Å². The van der Waals surface area contributed by atoms with Gasteiger partial charge in [0.2, 0.25) is 0 Å². The zero-order chi connectivity index (χ0) is 17.9. The highest BCUT2D eigenvalue weighted by Gasteiger charge is 2.05. The van der Waals surface area contributed by atoms with Crippen molar-refractivity contribution in [2.45, 2.75) is 26.2 Å². The van der Waals surface area contributed by atoms with Gasteiger partial charge in [-0.25, -0.2) is 4.79 Å². The fraction of sp³-hybridized carbons (Fsp3) is 0.350. The summed E-state index contributed by atoms with van der Waals surface area (Å²) in [5.74, 6) is 1.29. The molecule has 2 N–H and O–H groups in total. The Kier molecular flexibility index (Phi) is 7.63. The van der Waals surface area contributed by atoms with E-state index >= 15 is 0 Å². The number of carbonyl (C=O) groups excluding carboxylic acids is 1. The summed E-state index contributed by atoms with van der Waals surface area (Å²) in [6.45, 7) is 3.48. The van der Waals surface area contributed by atoms with Crippen molar-refractivity contribution in [3.8, 4) is 11.5 Å². The Hall–Kier alpha value is -2.69. The lowest BCUT2D eigenvalue weighted by atomic mass is 10.2. The predicted octanol–water partition coefficient (Wildman–Crippen LogP) is 4.07. The molecule has 0 aliphatic carbocycles. The Morgan fingerprint density at radius 3 is 1.88 bits per heavy atom. The van der Waals surface area contributed by atoms with Gasteiger partial charge in [-0.15, -0.1) is 0 Å². The SMILES string of the molecule is CCOC(=O)c1ccc(OCCCCCOc2ccc(N)cc2)cc1. The van der Waals surface area contributed by atoms with E-state index in [0.29, 0.717) is 25.4 Å². The van der Waals surface area contributed by atoms with Gasteiger partial charge in [-0.1, -0.05) is 0 Å². The molecule has 0 fully saturated rings. The molecule has 0 aromatic heterocycles. The van der Waals surface area contributed by atoms with E-state index in [1.165, 1.54) is 0 Å². The van der Waals surface area contributed by atoms with Crippen molar-refractivity contribution in [2.75, 3.05) is 25.6 Å². The molecule has 0 radical (unpaired) electrons. The van der Waals surface area contributed by atoms with E-state index in [-0.39, 0.29) is 5.97 Å². The zero-order valence-electron chi connectivity index (χ0n) is 14.6. The number of nitrogens with two attached hydrogens (primary N) is 1. The maximum Gasteiger partial charge on any atom is 0.338 e. The van der Waals surface area contributed by atoms with Gasteiger partial charge in [-0.2, -0.15) is 0 Å². The molecule has 5 nitrogen and oxygen atoms in total. The number of anilines is 1. The molecule has 0 aliphatic rings. The molecule has 2 aromatic rings. The molecule has 134 valence electrons. The van der Waals surface area contributed by atoms with Crippen LogP contribution in [0.25, 0.3) is 0 Å². The summed E-state index contributed by atoms with van der Waals surface area (Å²) >= 11 is 0. The summed E-state index contributed by atoms with van der Waals surface area (Å²) in [5, 5.41) is 0. The molecule has 0 unspecified atom stereocenters. The van der Waals surface area contributed by atoms with Crippen LogP contribution in [0.15, 0.2) is 48.5 Å². The number of hydrogen-bond acceptors (Lipinski definition) is 5. The van der Waals surface area contributed by atoms with Gasteiger partial charge in [-0.3, -0.25) is 0 Å². The van der Waals surface area contributed by atoms with E-state index in [1.807, 2.05) is 24.3 Å². The highest BCUT2D eigenvalue weighted by atomic mass is 16.5. The number of esters is 1. The minimum Gasteiger partial charge on any atom is -0.494 e. The summed E-state index contributed by atoms with van der Waals surface area (Å²) in [5.41, 5.74) is 6.90. The summed E-state index contributed by atoms with van der Waals surface area (Å²) in [7, 11) is 0. The average molecular weight is 343 g/mol. The van der Waals surface area contributed by atoms with E-state index in [0.717, 1.165) is 36.4 Å². The molecule has 0 atom stereocenters. The molecule has 0 bridgehead atoms. The zero-order valence-corrected chi connectivity index (χ0v) is 14.6. The normalized spacial score (nSPS) is 10.3. The van der Waals surface area contributed by atoms with Crippen molar-refractivity contribution < 1.29 is 19.0 Å². The van der Waals surface area contributed by atoms with Crippen LogP contribution in [-0.2, 0) is 4.74 Å². The largest absolute Gasteiger partial charge is 0.494 e. The average Bonchev–Trinajstić information content (AvgIpc) is 2.63. The number of carbonyl (C=O) groups is 1. The van der Waals surface area contributed by atoms with Crippen molar-refractivity contribution >= 4 is 11.7 Å². The molecule has 0 saturated carbocycles. The third kappa shape index (κ3) is 6.75. The molecule has 0 heterocycles. The summed E-state index contributed by atoms with van der Waals surface area (Å²) in [6.07, 6.45) is 2.94. The quantitative estimate of drug-likeness (QED) is 0.400. The summed E-state index contributed by atoms with van der Waals surface area (Å²) < 4.78 is 16.3. The van der Waals surface area contributed by atoms with E-state index in [2.05, 4.69) is 0 Å². The highest BCUT2D eigenvalue weighted by Crippen LogP contribution is 2.15. The molecule has 0 spiro atoms. The Balaban J connectivity index is 1.56. The van der Waals surface area contributed by atoms with Gasteiger partial charge in [0.1, 0.15) is 11.5 Å². The van der Waals surface area contributed by atoms with Crippen LogP contribution in [0.3, 0.4) is 0 Å². The molecule has 0 aliphatic heterocycles. The van der Waals surface area contributed by atoms with E-state index < -0.39 is 0 Å². The summed E-state index contributed by atoms with van der Waals surface area (Å²) in [6, 6.07) is 14.4. The van der Waals surface area contributed by atoms with Gasteiger partial charge in [0.25, 0.3) is 0 Å². The first-order valence-corrected chi connectivity index (χ1v) is 8.57. The second kappa shape index (κ2) is 10.2. The number of unbranched alkanes of at least 4 members (excludes halogenated alkanes) is 2. The van der Waals surface area contributed by atoms with Gasteiger partial charge in [0.05, 0.1) is 25.4 Å². The van der Waals surface area contributed by atoms with Crippen molar-refractivity contribution in [1.82, 2.24) is 0 Å². The second-order valence-corrected chi connectivity index (χ2v) is 5.57. The van der Waals surface area contributed by atoms with Crippen LogP contribution in [0.5, 0.6) is 11.5 Å². The second-order valence-electron chi connectivity index (χ2n) is 5.57. The van der Waals surface area contributed by atoms with Crippen LogP contribution in [0.1, 0.15) is 36.5 Å². The molecule has 0 saturated heterocycles. The molecule has 5 heteroatoms. The van der Waals surface area contributed by atoms with E-state index in [9.17, 15) is 4.79 Å². The van der Waals surface area contributed by atoms with E-state index in [4.69, 9.17) is 19.9 Å². The lowest BCUT2D eigenvalue weighted by molar-refractivity contribution is 0.0526. The number of rotatable bonds is 10. The Morgan fingerprint density at radius 2 is 1.36 bits per heavy atom. The van der Waals surface area contributed by atoms with Crippen LogP contribution in [-0.4, -0.2) is 25.8 Å². The molecular weight excluding hydrogens is 318 g/mol. The standard InChI is InChI=1S/C20H25NO4/c1-2-23-20(22)16-6-10-18(11-7-16)24-14-4-3-5-15-25-19-12-8-17(21)9-13-19/h6-13H,2-5,14-15,21H2,1H3. The molecule has 2 aromatic carbocycles. The number of ether oxygens (including phenoxy) is 3. The lowest BCUT2D eigenvalue weighted by Gasteiger charge is -2.08. The smallest absolute Gasteiger partial charge is 0.338 e. The van der Waals surface area contributed by atoms with Crippen LogP contribution >= 0.6 is 0 Å². The summed E-state index contributed by atoms with van der Waals surface area (Å²) in [4.78, 5) is 11.6. The highest BCUT2D eigenvalue weighted by molar-refractivity contribution is 5.89. The van der Waals surface area contributed by atoms with Crippen molar-refractivity contribution in [3.63, 3.8) is 0 Å².